The highest BCUT2D eigenvalue weighted by Crippen LogP contribution is 2.22. The van der Waals surface area contributed by atoms with Crippen molar-refractivity contribution in [1.82, 2.24) is 5.32 Å². The SMILES string of the molecule is CS(=O)(=O)CC(=O)Nc1cccc2c1CCNC2. The molecule has 1 aromatic rings. The van der Waals surface area contributed by atoms with Crippen molar-refractivity contribution in [2.75, 3.05) is 23.9 Å². The van der Waals surface area contributed by atoms with Crippen molar-refractivity contribution in [2.45, 2.75) is 13.0 Å². The first kappa shape index (κ1) is 13.0. The lowest BCUT2D eigenvalue weighted by Gasteiger charge is -2.20. The fraction of sp³-hybridized carbons (Fsp3) is 0.417. The highest BCUT2D eigenvalue weighted by molar-refractivity contribution is 7.91. The number of hydrogen-bond acceptors (Lipinski definition) is 4. The summed E-state index contributed by atoms with van der Waals surface area (Å²) in [6, 6.07) is 5.68. The van der Waals surface area contributed by atoms with E-state index in [9.17, 15) is 13.2 Å². The van der Waals surface area contributed by atoms with Crippen molar-refractivity contribution in [3.8, 4) is 0 Å². The van der Waals surface area contributed by atoms with Gasteiger partial charge >= 0.3 is 0 Å². The normalized spacial score (nSPS) is 14.9. The average Bonchev–Trinajstić information content (AvgIpc) is 2.27. The van der Waals surface area contributed by atoms with E-state index in [2.05, 4.69) is 10.6 Å². The van der Waals surface area contributed by atoms with E-state index in [0.717, 1.165) is 42.6 Å². The van der Waals surface area contributed by atoms with E-state index in [4.69, 9.17) is 0 Å². The van der Waals surface area contributed by atoms with Crippen LogP contribution in [0.15, 0.2) is 18.2 Å². The van der Waals surface area contributed by atoms with Gasteiger partial charge in [-0.2, -0.15) is 0 Å². The first-order valence-corrected chi connectivity index (χ1v) is 7.81. The van der Waals surface area contributed by atoms with Crippen LogP contribution in [0.3, 0.4) is 0 Å². The minimum Gasteiger partial charge on any atom is -0.325 e. The Bertz CT molecular complexity index is 567. The van der Waals surface area contributed by atoms with Crippen molar-refractivity contribution in [3.05, 3.63) is 29.3 Å². The molecule has 6 heteroatoms. The molecule has 0 saturated heterocycles. The van der Waals surface area contributed by atoms with Gasteiger partial charge in [0.2, 0.25) is 5.91 Å². The predicted molar refractivity (Wildman–Crippen MR) is 70.2 cm³/mol. The van der Waals surface area contributed by atoms with Crippen molar-refractivity contribution < 1.29 is 13.2 Å². The number of fused-ring (bicyclic) bond motifs is 1. The second kappa shape index (κ2) is 5.07. The Kier molecular flexibility index (Phi) is 3.68. The molecule has 18 heavy (non-hydrogen) atoms. The van der Waals surface area contributed by atoms with E-state index in [0.29, 0.717) is 0 Å². The molecule has 0 unspecified atom stereocenters. The molecule has 1 heterocycles. The number of benzene rings is 1. The van der Waals surface area contributed by atoms with Gasteiger partial charge in [0.05, 0.1) is 0 Å². The number of anilines is 1. The summed E-state index contributed by atoms with van der Waals surface area (Å²) in [5.41, 5.74) is 2.97. The van der Waals surface area contributed by atoms with Crippen LogP contribution in [-0.4, -0.2) is 32.9 Å². The number of sulfone groups is 1. The summed E-state index contributed by atoms with van der Waals surface area (Å²) >= 11 is 0. The van der Waals surface area contributed by atoms with Gasteiger partial charge in [0.25, 0.3) is 0 Å². The quantitative estimate of drug-likeness (QED) is 0.827. The molecule has 2 N–H and O–H groups in total. The number of nitrogens with one attached hydrogen (secondary N) is 2. The first-order valence-electron chi connectivity index (χ1n) is 5.75. The molecule has 0 spiro atoms. The molecular formula is C12H16N2O3S. The summed E-state index contributed by atoms with van der Waals surface area (Å²) < 4.78 is 22.1. The van der Waals surface area contributed by atoms with Gasteiger partial charge in [0, 0.05) is 18.5 Å². The molecule has 1 amide bonds. The molecular weight excluding hydrogens is 252 g/mol. The molecule has 0 bridgehead atoms. The number of carbonyl (C=O) groups is 1. The van der Waals surface area contributed by atoms with Crippen LogP contribution in [0.5, 0.6) is 0 Å². The molecule has 1 aliphatic rings. The number of amides is 1. The predicted octanol–water partition coefficient (Wildman–Crippen LogP) is 0.315. The van der Waals surface area contributed by atoms with E-state index in [1.54, 1.807) is 0 Å². The monoisotopic (exact) mass is 268 g/mol. The Hall–Kier alpha value is -1.40. The van der Waals surface area contributed by atoms with Crippen LogP contribution in [-0.2, 0) is 27.6 Å². The Morgan fingerprint density at radius 1 is 1.44 bits per heavy atom. The van der Waals surface area contributed by atoms with Gasteiger partial charge < -0.3 is 10.6 Å². The molecule has 0 saturated carbocycles. The Morgan fingerprint density at radius 3 is 2.94 bits per heavy atom. The Morgan fingerprint density at radius 2 is 2.22 bits per heavy atom. The van der Waals surface area contributed by atoms with Crippen LogP contribution in [0.25, 0.3) is 0 Å². The van der Waals surface area contributed by atoms with Crippen molar-refractivity contribution in [1.29, 1.82) is 0 Å². The Labute approximate surface area is 107 Å². The van der Waals surface area contributed by atoms with Crippen LogP contribution in [0.1, 0.15) is 11.1 Å². The van der Waals surface area contributed by atoms with Crippen molar-refractivity contribution in [2.24, 2.45) is 0 Å². The lowest BCUT2D eigenvalue weighted by molar-refractivity contribution is -0.113. The fourth-order valence-electron chi connectivity index (χ4n) is 2.07. The van der Waals surface area contributed by atoms with Gasteiger partial charge in [-0.1, -0.05) is 12.1 Å². The minimum absolute atomic E-state index is 0.477. The molecule has 98 valence electrons. The summed E-state index contributed by atoms with van der Waals surface area (Å²) in [6.45, 7) is 1.65. The topological polar surface area (TPSA) is 75.3 Å². The summed E-state index contributed by atoms with van der Waals surface area (Å²) in [6.07, 6.45) is 1.89. The lowest BCUT2D eigenvalue weighted by Crippen LogP contribution is -2.27. The average molecular weight is 268 g/mol. The van der Waals surface area contributed by atoms with Crippen LogP contribution in [0.2, 0.25) is 0 Å². The highest BCUT2D eigenvalue weighted by atomic mass is 32.2. The maximum atomic E-state index is 11.6. The molecule has 5 nitrogen and oxygen atoms in total. The molecule has 0 atom stereocenters. The van der Waals surface area contributed by atoms with Crippen LogP contribution in [0.4, 0.5) is 5.69 Å². The number of hydrogen-bond donors (Lipinski definition) is 2. The molecule has 0 radical (unpaired) electrons. The molecule has 0 aliphatic carbocycles. The second-order valence-corrected chi connectivity index (χ2v) is 6.63. The molecule has 1 aromatic carbocycles. The first-order chi connectivity index (χ1) is 8.46. The maximum Gasteiger partial charge on any atom is 0.239 e. The third kappa shape index (κ3) is 3.30. The third-order valence-corrected chi connectivity index (χ3v) is 3.59. The summed E-state index contributed by atoms with van der Waals surface area (Å²) in [5.74, 6) is -0.959. The standard InChI is InChI=1S/C12H16N2O3S/c1-18(16,17)8-12(15)14-11-4-2-3-9-7-13-6-5-10(9)11/h2-4,13H,5-8H2,1H3,(H,14,15). The van der Waals surface area contributed by atoms with Gasteiger partial charge in [-0.3, -0.25) is 4.79 Å². The van der Waals surface area contributed by atoms with E-state index in [-0.39, 0.29) is 0 Å². The third-order valence-electron chi connectivity index (χ3n) is 2.81. The van der Waals surface area contributed by atoms with Crippen molar-refractivity contribution in [3.63, 3.8) is 0 Å². The minimum atomic E-state index is -3.29. The summed E-state index contributed by atoms with van der Waals surface area (Å²) in [5, 5.41) is 5.93. The second-order valence-electron chi connectivity index (χ2n) is 4.49. The number of rotatable bonds is 3. The zero-order chi connectivity index (χ0) is 13.2. The van der Waals surface area contributed by atoms with E-state index >= 15 is 0 Å². The van der Waals surface area contributed by atoms with Gasteiger partial charge in [-0.15, -0.1) is 0 Å². The molecule has 1 aliphatic heterocycles. The van der Waals surface area contributed by atoms with Crippen LogP contribution >= 0.6 is 0 Å². The van der Waals surface area contributed by atoms with Gasteiger partial charge in [0.15, 0.2) is 9.84 Å². The largest absolute Gasteiger partial charge is 0.325 e. The lowest BCUT2D eigenvalue weighted by atomic mass is 9.99. The smallest absolute Gasteiger partial charge is 0.239 e. The van der Waals surface area contributed by atoms with E-state index in [1.165, 1.54) is 0 Å². The van der Waals surface area contributed by atoms with Crippen LogP contribution < -0.4 is 10.6 Å². The Balaban J connectivity index is 2.17. The zero-order valence-electron chi connectivity index (χ0n) is 10.2. The number of carbonyl (C=O) groups excluding carboxylic acids is 1. The zero-order valence-corrected chi connectivity index (χ0v) is 11.0. The molecule has 2 rings (SSSR count). The highest BCUT2D eigenvalue weighted by Gasteiger charge is 2.16. The van der Waals surface area contributed by atoms with Gasteiger partial charge in [-0.25, -0.2) is 8.42 Å². The molecule has 0 fully saturated rings. The van der Waals surface area contributed by atoms with Gasteiger partial charge in [-0.05, 0) is 30.2 Å². The maximum absolute atomic E-state index is 11.6. The molecule has 0 aromatic heterocycles. The summed E-state index contributed by atoms with van der Waals surface area (Å²) in [7, 11) is -3.29. The van der Waals surface area contributed by atoms with Gasteiger partial charge in [0.1, 0.15) is 5.75 Å². The van der Waals surface area contributed by atoms with E-state index < -0.39 is 21.5 Å². The van der Waals surface area contributed by atoms with Crippen molar-refractivity contribution >= 4 is 21.4 Å². The fourth-order valence-corrected chi connectivity index (χ4v) is 2.62. The van der Waals surface area contributed by atoms with E-state index in [1.807, 2.05) is 18.2 Å². The summed E-state index contributed by atoms with van der Waals surface area (Å²) in [4.78, 5) is 11.6. The van der Waals surface area contributed by atoms with Crippen LogP contribution in [0, 0.1) is 0 Å².